The van der Waals surface area contributed by atoms with Gasteiger partial charge in [0.05, 0.1) is 11.4 Å². The average Bonchev–Trinajstić information content (AvgIpc) is 2.58. The second kappa shape index (κ2) is 5.76. The molecule has 1 aliphatic carbocycles. The standard InChI is InChI=1S/C19H10Cl2N2O2/c1-9-15(10-6-11(20)8-12(21)7-10)23-17-16(22-9)18(24)13-4-2-3-5-14(13)19(17)25/h2-8H,1H3. The van der Waals surface area contributed by atoms with Gasteiger partial charge in [0.25, 0.3) is 0 Å². The van der Waals surface area contributed by atoms with Crippen LogP contribution < -0.4 is 0 Å². The number of fused-ring (bicyclic) bond motifs is 2. The van der Waals surface area contributed by atoms with Gasteiger partial charge in [-0.3, -0.25) is 9.59 Å². The van der Waals surface area contributed by atoms with E-state index in [9.17, 15) is 9.59 Å². The lowest BCUT2D eigenvalue weighted by atomic mass is 9.89. The van der Waals surface area contributed by atoms with Gasteiger partial charge in [-0.05, 0) is 25.1 Å². The summed E-state index contributed by atoms with van der Waals surface area (Å²) in [6, 6.07) is 11.7. The van der Waals surface area contributed by atoms with Crippen LogP contribution in [0.3, 0.4) is 0 Å². The molecule has 4 nitrogen and oxygen atoms in total. The van der Waals surface area contributed by atoms with Crippen LogP contribution in [0, 0.1) is 6.92 Å². The van der Waals surface area contributed by atoms with Crippen molar-refractivity contribution >= 4 is 34.8 Å². The first kappa shape index (κ1) is 15.9. The van der Waals surface area contributed by atoms with Crippen molar-refractivity contribution in [3.05, 3.63) is 80.7 Å². The summed E-state index contributed by atoms with van der Waals surface area (Å²) in [6.45, 7) is 1.73. The van der Waals surface area contributed by atoms with Gasteiger partial charge in [0.1, 0.15) is 11.4 Å². The van der Waals surface area contributed by atoms with Crippen LogP contribution in [-0.2, 0) is 0 Å². The molecule has 0 saturated heterocycles. The van der Waals surface area contributed by atoms with Crippen molar-refractivity contribution in [2.24, 2.45) is 0 Å². The van der Waals surface area contributed by atoms with E-state index < -0.39 is 0 Å². The van der Waals surface area contributed by atoms with Crippen molar-refractivity contribution in [2.75, 3.05) is 0 Å². The number of carbonyl (C=O) groups is 2. The van der Waals surface area contributed by atoms with Crippen LogP contribution in [0.4, 0.5) is 0 Å². The third-order valence-corrected chi connectivity index (χ3v) is 4.49. The average molecular weight is 369 g/mol. The van der Waals surface area contributed by atoms with Crippen molar-refractivity contribution in [1.29, 1.82) is 0 Å². The Hall–Kier alpha value is -2.56. The monoisotopic (exact) mass is 368 g/mol. The molecule has 2 aromatic carbocycles. The summed E-state index contributed by atoms with van der Waals surface area (Å²) in [5.74, 6) is -0.608. The number of nitrogens with zero attached hydrogens (tertiary/aromatic N) is 2. The van der Waals surface area contributed by atoms with E-state index in [2.05, 4.69) is 9.97 Å². The fourth-order valence-electron chi connectivity index (χ4n) is 2.93. The normalized spacial score (nSPS) is 12.8. The number of carbonyl (C=O) groups excluding carboxylic acids is 2. The molecule has 0 aliphatic heterocycles. The Balaban J connectivity index is 1.95. The van der Waals surface area contributed by atoms with Gasteiger partial charge in [0, 0.05) is 26.7 Å². The number of halogens is 2. The Morgan fingerprint density at radius 2 is 1.28 bits per heavy atom. The molecule has 1 aliphatic rings. The lowest BCUT2D eigenvalue weighted by molar-refractivity contribution is 0.0971. The summed E-state index contributed by atoms with van der Waals surface area (Å²) in [5.41, 5.74) is 2.48. The molecule has 0 fully saturated rings. The highest BCUT2D eigenvalue weighted by atomic mass is 35.5. The summed E-state index contributed by atoms with van der Waals surface area (Å²) >= 11 is 12.1. The van der Waals surface area contributed by atoms with Crippen LogP contribution >= 0.6 is 23.2 Å². The fraction of sp³-hybridized carbons (Fsp3) is 0.0526. The predicted octanol–water partition coefficient (Wildman–Crippen LogP) is 4.53. The third-order valence-electron chi connectivity index (χ3n) is 4.05. The second-order valence-electron chi connectivity index (χ2n) is 5.72. The molecule has 0 radical (unpaired) electrons. The van der Waals surface area contributed by atoms with Crippen molar-refractivity contribution in [3.63, 3.8) is 0 Å². The lowest BCUT2D eigenvalue weighted by Crippen LogP contribution is -2.24. The highest BCUT2D eigenvalue weighted by Gasteiger charge is 2.33. The minimum absolute atomic E-state index is 0.0559. The van der Waals surface area contributed by atoms with Crippen LogP contribution in [0.5, 0.6) is 0 Å². The molecule has 0 unspecified atom stereocenters. The van der Waals surface area contributed by atoms with Crippen molar-refractivity contribution in [1.82, 2.24) is 9.97 Å². The highest BCUT2D eigenvalue weighted by molar-refractivity contribution is 6.35. The SMILES string of the molecule is Cc1nc2c(nc1-c1cc(Cl)cc(Cl)c1)C(=O)c1ccccc1C2=O. The summed E-state index contributed by atoms with van der Waals surface area (Å²) in [7, 11) is 0. The Kier molecular flexibility index (Phi) is 3.67. The Bertz CT molecular complexity index is 1060. The Morgan fingerprint density at radius 1 is 0.760 bits per heavy atom. The van der Waals surface area contributed by atoms with Crippen molar-refractivity contribution in [2.45, 2.75) is 6.92 Å². The summed E-state index contributed by atoms with van der Waals surface area (Å²) in [6.07, 6.45) is 0. The van der Waals surface area contributed by atoms with Crippen LogP contribution in [0.1, 0.15) is 37.8 Å². The number of benzene rings is 2. The quantitative estimate of drug-likeness (QED) is 0.495. The molecule has 0 amide bonds. The number of aromatic nitrogens is 2. The van der Waals surface area contributed by atoms with E-state index in [1.165, 1.54) is 0 Å². The first-order chi connectivity index (χ1) is 12.0. The van der Waals surface area contributed by atoms with Gasteiger partial charge < -0.3 is 0 Å². The third kappa shape index (κ3) is 2.54. The van der Waals surface area contributed by atoms with Gasteiger partial charge in [0.2, 0.25) is 11.6 Å². The number of hydrogen-bond acceptors (Lipinski definition) is 4. The molecule has 0 N–H and O–H groups in total. The molecule has 1 heterocycles. The largest absolute Gasteiger partial charge is 0.287 e. The minimum atomic E-state index is -0.313. The van der Waals surface area contributed by atoms with Crippen LogP contribution in [-0.4, -0.2) is 21.5 Å². The topological polar surface area (TPSA) is 59.9 Å². The summed E-state index contributed by atoms with van der Waals surface area (Å²) < 4.78 is 0. The molecule has 0 saturated carbocycles. The van der Waals surface area contributed by atoms with Crippen LogP contribution in [0.25, 0.3) is 11.3 Å². The molecule has 25 heavy (non-hydrogen) atoms. The van der Waals surface area contributed by atoms with E-state index in [0.717, 1.165) is 0 Å². The molecule has 1 aromatic heterocycles. The fourth-order valence-corrected chi connectivity index (χ4v) is 3.46. The van der Waals surface area contributed by atoms with Crippen molar-refractivity contribution in [3.8, 4) is 11.3 Å². The zero-order valence-electron chi connectivity index (χ0n) is 13.0. The number of aryl methyl sites for hydroxylation is 1. The van der Waals surface area contributed by atoms with Gasteiger partial charge in [0.15, 0.2) is 0 Å². The molecule has 0 spiro atoms. The molecule has 4 rings (SSSR count). The Labute approximate surface area is 153 Å². The van der Waals surface area contributed by atoms with E-state index in [0.29, 0.717) is 38.1 Å². The van der Waals surface area contributed by atoms with Gasteiger partial charge in [-0.2, -0.15) is 0 Å². The van der Waals surface area contributed by atoms with Crippen molar-refractivity contribution < 1.29 is 9.59 Å². The second-order valence-corrected chi connectivity index (χ2v) is 6.59. The predicted molar refractivity (Wildman–Crippen MR) is 95.5 cm³/mol. The van der Waals surface area contributed by atoms with Gasteiger partial charge in [-0.25, -0.2) is 9.97 Å². The highest BCUT2D eigenvalue weighted by Crippen LogP contribution is 2.31. The maximum absolute atomic E-state index is 12.8. The Morgan fingerprint density at radius 3 is 1.84 bits per heavy atom. The molecule has 6 heteroatoms. The van der Waals surface area contributed by atoms with Gasteiger partial charge in [-0.15, -0.1) is 0 Å². The summed E-state index contributed by atoms with van der Waals surface area (Å²) in [5, 5.41) is 0.906. The molecular weight excluding hydrogens is 359 g/mol. The molecule has 0 atom stereocenters. The smallest absolute Gasteiger partial charge is 0.214 e. The zero-order valence-corrected chi connectivity index (χ0v) is 14.5. The lowest BCUT2D eigenvalue weighted by Gasteiger charge is -2.17. The van der Waals surface area contributed by atoms with E-state index in [-0.39, 0.29) is 23.0 Å². The number of hydrogen-bond donors (Lipinski definition) is 0. The first-order valence-corrected chi connectivity index (χ1v) is 8.25. The van der Waals surface area contributed by atoms with Crippen LogP contribution in [0.15, 0.2) is 42.5 Å². The minimum Gasteiger partial charge on any atom is -0.287 e. The maximum atomic E-state index is 12.8. The molecule has 3 aromatic rings. The zero-order chi connectivity index (χ0) is 17.7. The number of rotatable bonds is 1. The van der Waals surface area contributed by atoms with E-state index in [1.807, 2.05) is 0 Å². The van der Waals surface area contributed by atoms with Gasteiger partial charge >= 0.3 is 0 Å². The molecule has 0 bridgehead atoms. The molecule has 122 valence electrons. The van der Waals surface area contributed by atoms with E-state index >= 15 is 0 Å². The van der Waals surface area contributed by atoms with E-state index in [1.54, 1.807) is 49.4 Å². The number of ketones is 2. The van der Waals surface area contributed by atoms with E-state index in [4.69, 9.17) is 23.2 Å². The maximum Gasteiger partial charge on any atom is 0.214 e. The first-order valence-electron chi connectivity index (χ1n) is 7.49. The summed E-state index contributed by atoms with van der Waals surface area (Å²) in [4.78, 5) is 34.2. The van der Waals surface area contributed by atoms with Gasteiger partial charge in [-0.1, -0.05) is 47.5 Å². The molecular formula is C19H10Cl2N2O2. The van der Waals surface area contributed by atoms with Crippen LogP contribution in [0.2, 0.25) is 10.0 Å².